The number of hydrogen-bond acceptors (Lipinski definition) is 3. The Kier molecular flexibility index (Phi) is 6.42. The van der Waals surface area contributed by atoms with Gasteiger partial charge in [0.05, 0.1) is 12.3 Å². The zero-order valence-corrected chi connectivity index (χ0v) is 19.2. The van der Waals surface area contributed by atoms with Crippen LogP contribution in [0.15, 0.2) is 71.5 Å². The minimum atomic E-state index is -0.0712. The maximum absolute atomic E-state index is 13.0. The van der Waals surface area contributed by atoms with E-state index in [-0.39, 0.29) is 5.56 Å². The van der Waals surface area contributed by atoms with Gasteiger partial charge in [-0.3, -0.25) is 4.79 Å². The molecule has 0 unspecified atom stereocenters. The van der Waals surface area contributed by atoms with Crippen molar-refractivity contribution in [3.05, 3.63) is 88.2 Å². The molecule has 0 fully saturated rings. The van der Waals surface area contributed by atoms with Crippen LogP contribution in [0.5, 0.6) is 5.75 Å². The van der Waals surface area contributed by atoms with Crippen LogP contribution < -0.4 is 10.3 Å². The van der Waals surface area contributed by atoms with Gasteiger partial charge in [0.25, 0.3) is 5.56 Å². The summed E-state index contributed by atoms with van der Waals surface area (Å²) in [5.74, 6) is 0.837. The summed E-state index contributed by atoms with van der Waals surface area (Å²) in [6.45, 7) is 5.78. The van der Waals surface area contributed by atoms with Crippen molar-refractivity contribution in [3.63, 3.8) is 0 Å². The lowest BCUT2D eigenvalue weighted by Gasteiger charge is -2.17. The summed E-state index contributed by atoms with van der Waals surface area (Å²) in [5.41, 5.74) is 6.09. The normalized spacial score (nSPS) is 11.3. The van der Waals surface area contributed by atoms with Gasteiger partial charge in [0, 0.05) is 23.1 Å². The van der Waals surface area contributed by atoms with E-state index in [0.29, 0.717) is 12.0 Å². The van der Waals surface area contributed by atoms with Crippen LogP contribution in [0.3, 0.4) is 0 Å². The van der Waals surface area contributed by atoms with Crippen LogP contribution >= 0.6 is 0 Å². The third kappa shape index (κ3) is 4.61. The molecule has 4 nitrogen and oxygen atoms in total. The van der Waals surface area contributed by atoms with Crippen LogP contribution in [-0.2, 0) is 0 Å². The Morgan fingerprint density at radius 2 is 1.72 bits per heavy atom. The number of hydrogen-bond donors (Lipinski definition) is 1. The molecule has 0 spiro atoms. The highest BCUT2D eigenvalue weighted by atomic mass is 16.5. The number of rotatable bonds is 7. The van der Waals surface area contributed by atoms with E-state index in [4.69, 9.17) is 4.74 Å². The second kappa shape index (κ2) is 9.41. The smallest absolute Gasteiger partial charge is 0.256 e. The Bertz CT molecular complexity index is 1300. The maximum atomic E-state index is 13.0. The minimum Gasteiger partial charge on any atom is -0.494 e. The van der Waals surface area contributed by atoms with Crippen molar-refractivity contribution in [2.75, 3.05) is 27.2 Å². The van der Waals surface area contributed by atoms with Gasteiger partial charge in [0.2, 0.25) is 0 Å². The molecule has 3 aromatic carbocycles. The van der Waals surface area contributed by atoms with Gasteiger partial charge in [-0.15, -0.1) is 0 Å². The van der Waals surface area contributed by atoms with Crippen molar-refractivity contribution < 1.29 is 4.74 Å². The lowest BCUT2D eigenvalue weighted by atomic mass is 9.92. The van der Waals surface area contributed by atoms with Crippen molar-refractivity contribution in [1.82, 2.24) is 9.88 Å². The predicted molar refractivity (Wildman–Crippen MR) is 134 cm³/mol. The highest BCUT2D eigenvalue weighted by Gasteiger charge is 2.17. The van der Waals surface area contributed by atoms with Crippen LogP contribution in [-0.4, -0.2) is 37.1 Å². The Balaban J connectivity index is 1.88. The Labute approximate surface area is 189 Å². The second-order valence-electron chi connectivity index (χ2n) is 8.60. The second-order valence-corrected chi connectivity index (χ2v) is 8.60. The lowest BCUT2D eigenvalue weighted by molar-refractivity contribution is 0.281. The van der Waals surface area contributed by atoms with Gasteiger partial charge in [-0.2, -0.15) is 0 Å². The first-order valence-electron chi connectivity index (χ1n) is 11.0. The largest absolute Gasteiger partial charge is 0.494 e. The van der Waals surface area contributed by atoms with Gasteiger partial charge < -0.3 is 14.6 Å². The molecule has 0 aliphatic heterocycles. The first-order chi connectivity index (χ1) is 15.4. The monoisotopic (exact) mass is 426 g/mol. The summed E-state index contributed by atoms with van der Waals surface area (Å²) < 4.78 is 6.05. The number of benzene rings is 3. The number of ether oxygens (including phenoxy) is 1. The van der Waals surface area contributed by atoms with E-state index in [1.807, 2.05) is 36.4 Å². The standard InChI is InChI=1S/C28H30N2O2/c1-19-13-14-24-25(17-19)26(27(29-28(24)31)23-12-6-5-9-20(23)2)21-10-7-11-22(18-21)32-16-8-15-30(3)4/h5-7,9-14,17-18H,8,15-16H2,1-4H3,(H,29,31). The molecule has 0 amide bonds. The van der Waals surface area contributed by atoms with E-state index in [0.717, 1.165) is 57.6 Å². The maximum Gasteiger partial charge on any atom is 0.256 e. The number of nitrogens with zero attached hydrogens (tertiary/aromatic N) is 1. The molecule has 4 heteroatoms. The molecule has 1 N–H and O–H groups in total. The fourth-order valence-corrected chi connectivity index (χ4v) is 4.11. The number of pyridine rings is 1. The molecule has 0 aliphatic carbocycles. The molecule has 164 valence electrons. The van der Waals surface area contributed by atoms with E-state index in [1.54, 1.807) is 0 Å². The quantitative estimate of drug-likeness (QED) is 0.379. The molecule has 1 heterocycles. The summed E-state index contributed by atoms with van der Waals surface area (Å²) in [6.07, 6.45) is 0.965. The van der Waals surface area contributed by atoms with Crippen LogP contribution in [0, 0.1) is 13.8 Å². The van der Waals surface area contributed by atoms with Crippen molar-refractivity contribution in [1.29, 1.82) is 0 Å². The van der Waals surface area contributed by atoms with Crippen molar-refractivity contribution in [3.8, 4) is 28.1 Å². The van der Waals surface area contributed by atoms with Gasteiger partial charge in [-0.25, -0.2) is 0 Å². The average molecular weight is 427 g/mol. The molecule has 4 aromatic rings. The summed E-state index contributed by atoms with van der Waals surface area (Å²) in [7, 11) is 4.13. The molecule has 0 atom stereocenters. The number of aromatic amines is 1. The van der Waals surface area contributed by atoms with Gasteiger partial charge in [0.15, 0.2) is 0 Å². The van der Waals surface area contributed by atoms with Gasteiger partial charge in [-0.05, 0) is 69.1 Å². The van der Waals surface area contributed by atoms with Gasteiger partial charge >= 0.3 is 0 Å². The number of aromatic nitrogens is 1. The molecule has 0 saturated heterocycles. The highest BCUT2D eigenvalue weighted by molar-refractivity contribution is 6.03. The molecule has 0 saturated carbocycles. The molecule has 1 aromatic heterocycles. The van der Waals surface area contributed by atoms with Crippen LogP contribution in [0.1, 0.15) is 17.5 Å². The summed E-state index contributed by atoms with van der Waals surface area (Å²) in [6, 6.07) is 22.3. The van der Waals surface area contributed by atoms with Crippen LogP contribution in [0.25, 0.3) is 33.2 Å². The van der Waals surface area contributed by atoms with Crippen LogP contribution in [0.2, 0.25) is 0 Å². The number of aryl methyl sites for hydroxylation is 2. The topological polar surface area (TPSA) is 45.3 Å². The molecule has 0 radical (unpaired) electrons. The molecular formula is C28H30N2O2. The predicted octanol–water partition coefficient (Wildman–Crippen LogP) is 5.81. The Hall–Kier alpha value is -3.37. The lowest BCUT2D eigenvalue weighted by Crippen LogP contribution is -2.15. The number of fused-ring (bicyclic) bond motifs is 1. The zero-order valence-electron chi connectivity index (χ0n) is 19.2. The Morgan fingerprint density at radius 3 is 2.50 bits per heavy atom. The van der Waals surface area contributed by atoms with E-state index < -0.39 is 0 Å². The average Bonchev–Trinajstić information content (AvgIpc) is 2.77. The third-order valence-electron chi connectivity index (χ3n) is 5.73. The summed E-state index contributed by atoms with van der Waals surface area (Å²) >= 11 is 0. The SMILES string of the molecule is Cc1ccc2c(=O)[nH]c(-c3ccccc3C)c(-c3cccc(OCCCN(C)C)c3)c2c1. The number of H-pyrrole nitrogens is 1. The zero-order chi connectivity index (χ0) is 22.7. The first kappa shape index (κ1) is 21.8. The fourth-order valence-electron chi connectivity index (χ4n) is 4.11. The number of nitrogens with one attached hydrogen (secondary N) is 1. The molecule has 0 bridgehead atoms. The summed E-state index contributed by atoms with van der Waals surface area (Å²) in [5, 5.41) is 1.65. The van der Waals surface area contributed by atoms with E-state index >= 15 is 0 Å². The molecular weight excluding hydrogens is 396 g/mol. The first-order valence-corrected chi connectivity index (χ1v) is 11.0. The van der Waals surface area contributed by atoms with Gasteiger partial charge in [-0.1, -0.05) is 54.1 Å². The minimum absolute atomic E-state index is 0.0712. The van der Waals surface area contributed by atoms with Crippen molar-refractivity contribution in [2.24, 2.45) is 0 Å². The fraction of sp³-hybridized carbons (Fsp3) is 0.250. The van der Waals surface area contributed by atoms with E-state index in [2.05, 4.69) is 68.2 Å². The molecule has 0 aliphatic rings. The molecule has 32 heavy (non-hydrogen) atoms. The van der Waals surface area contributed by atoms with Crippen molar-refractivity contribution in [2.45, 2.75) is 20.3 Å². The van der Waals surface area contributed by atoms with Crippen molar-refractivity contribution >= 4 is 10.8 Å². The Morgan fingerprint density at radius 1 is 0.906 bits per heavy atom. The van der Waals surface area contributed by atoms with Crippen LogP contribution in [0.4, 0.5) is 0 Å². The highest BCUT2D eigenvalue weighted by Crippen LogP contribution is 2.38. The molecule has 4 rings (SSSR count). The van der Waals surface area contributed by atoms with E-state index in [9.17, 15) is 4.79 Å². The van der Waals surface area contributed by atoms with E-state index in [1.165, 1.54) is 0 Å². The van der Waals surface area contributed by atoms with Gasteiger partial charge in [0.1, 0.15) is 5.75 Å². The summed E-state index contributed by atoms with van der Waals surface area (Å²) in [4.78, 5) is 18.3. The third-order valence-corrected chi connectivity index (χ3v) is 5.73.